The molecule has 3 aromatic rings. The summed E-state index contributed by atoms with van der Waals surface area (Å²) in [6, 6.07) is 12.6. The molecule has 1 N–H and O–H groups in total. The molecule has 1 aliphatic heterocycles. The number of carbonyl (C=O) groups is 4. The quantitative estimate of drug-likeness (QED) is 0.396. The third-order valence-electron chi connectivity index (χ3n) is 4.55. The summed E-state index contributed by atoms with van der Waals surface area (Å²) < 4.78 is 10.9. The highest BCUT2D eigenvalue weighted by atomic mass is 16.3. The summed E-state index contributed by atoms with van der Waals surface area (Å²) >= 11 is 0. The number of carbonyl (C=O) groups excluding carboxylic acids is 4. The molecule has 4 amide bonds. The van der Waals surface area contributed by atoms with Gasteiger partial charge in [-0.2, -0.15) is 0 Å². The number of benzene rings is 1. The van der Waals surface area contributed by atoms with Crippen LogP contribution >= 0.6 is 0 Å². The molecule has 0 aliphatic carbocycles. The molecule has 30 heavy (non-hydrogen) atoms. The zero-order chi connectivity index (χ0) is 21.3. The smallest absolute Gasteiger partial charge is 0.331 e. The monoisotopic (exact) mass is 404 g/mol. The molecule has 0 atom stereocenters. The van der Waals surface area contributed by atoms with Crippen LogP contribution in [0.1, 0.15) is 28.8 Å². The topological polar surface area (TPSA) is 110 Å². The van der Waals surface area contributed by atoms with Crippen molar-refractivity contribution in [3.8, 4) is 11.3 Å². The van der Waals surface area contributed by atoms with E-state index >= 15 is 0 Å². The number of barbiturate groups is 1. The molecular weight excluding hydrogens is 388 g/mol. The van der Waals surface area contributed by atoms with Gasteiger partial charge in [0.25, 0.3) is 11.8 Å². The van der Waals surface area contributed by atoms with Crippen molar-refractivity contribution in [3.63, 3.8) is 0 Å². The minimum Gasteiger partial charge on any atom is -0.467 e. The highest BCUT2D eigenvalue weighted by Gasteiger charge is 2.36. The first kappa shape index (κ1) is 19.1. The molecule has 0 spiro atoms. The molecule has 0 radical (unpaired) electrons. The predicted molar refractivity (Wildman–Crippen MR) is 105 cm³/mol. The van der Waals surface area contributed by atoms with E-state index in [9.17, 15) is 19.2 Å². The maximum Gasteiger partial charge on any atom is 0.331 e. The molecule has 1 aromatic carbocycles. The van der Waals surface area contributed by atoms with E-state index in [1.807, 2.05) is 0 Å². The average Bonchev–Trinajstić information content (AvgIpc) is 3.40. The van der Waals surface area contributed by atoms with E-state index in [-0.39, 0.29) is 23.7 Å². The van der Waals surface area contributed by atoms with Crippen LogP contribution in [0, 0.1) is 0 Å². The maximum absolute atomic E-state index is 12.7. The summed E-state index contributed by atoms with van der Waals surface area (Å²) in [4.78, 5) is 49.5. The molecule has 1 saturated heterocycles. The Morgan fingerprint density at radius 3 is 2.67 bits per heavy atom. The second-order valence-corrected chi connectivity index (χ2v) is 6.63. The van der Waals surface area contributed by atoms with Crippen molar-refractivity contribution >= 4 is 29.7 Å². The summed E-state index contributed by atoms with van der Waals surface area (Å²) in [6.07, 6.45) is 2.70. The molecule has 3 heterocycles. The minimum atomic E-state index is -0.820. The fourth-order valence-corrected chi connectivity index (χ4v) is 3.02. The number of nitrogens with zero attached hydrogens (tertiary/aromatic N) is 1. The Bertz CT molecular complexity index is 1190. The number of nitrogens with one attached hydrogen (secondary N) is 1. The van der Waals surface area contributed by atoms with Crippen LogP contribution in [-0.4, -0.2) is 28.5 Å². The lowest BCUT2D eigenvalue weighted by Gasteiger charge is -2.25. The van der Waals surface area contributed by atoms with E-state index < -0.39 is 17.8 Å². The Morgan fingerprint density at radius 2 is 1.93 bits per heavy atom. The summed E-state index contributed by atoms with van der Waals surface area (Å²) in [6.45, 7) is 1.36. The van der Waals surface area contributed by atoms with Crippen molar-refractivity contribution < 1.29 is 28.0 Å². The van der Waals surface area contributed by atoms with Crippen molar-refractivity contribution in [1.29, 1.82) is 0 Å². The number of furan rings is 2. The maximum atomic E-state index is 12.7. The number of urea groups is 1. The van der Waals surface area contributed by atoms with Crippen LogP contribution < -0.4 is 5.32 Å². The van der Waals surface area contributed by atoms with Crippen LogP contribution in [-0.2, 0) is 16.1 Å². The second kappa shape index (κ2) is 7.67. The van der Waals surface area contributed by atoms with Gasteiger partial charge < -0.3 is 8.83 Å². The Balaban J connectivity index is 1.61. The number of amides is 4. The van der Waals surface area contributed by atoms with Crippen molar-refractivity contribution in [2.45, 2.75) is 13.5 Å². The number of imide groups is 2. The molecule has 2 aromatic heterocycles. The van der Waals surface area contributed by atoms with Gasteiger partial charge in [-0.05, 0) is 43.3 Å². The van der Waals surface area contributed by atoms with Gasteiger partial charge in [0.2, 0.25) is 0 Å². The van der Waals surface area contributed by atoms with Crippen molar-refractivity contribution in [3.05, 3.63) is 77.5 Å². The summed E-state index contributed by atoms with van der Waals surface area (Å²) in [7, 11) is 0. The van der Waals surface area contributed by atoms with Gasteiger partial charge >= 0.3 is 6.03 Å². The highest BCUT2D eigenvalue weighted by Crippen LogP contribution is 2.25. The Morgan fingerprint density at radius 1 is 1.10 bits per heavy atom. The van der Waals surface area contributed by atoms with Gasteiger partial charge in [0.1, 0.15) is 22.9 Å². The standard InChI is InChI=1S/C22H16N2O6/c1-13(25)14-4-2-5-15(10-14)19-8-7-16(30-19)11-18-20(26)23-22(28)24(21(18)27)12-17-6-3-9-29-17/h2-11H,12H2,1H3,(H,23,26,28)/b18-11+. The van der Waals surface area contributed by atoms with Gasteiger partial charge in [0.05, 0.1) is 12.8 Å². The van der Waals surface area contributed by atoms with Crippen LogP contribution in [0.5, 0.6) is 0 Å². The van der Waals surface area contributed by atoms with Gasteiger partial charge in [-0.15, -0.1) is 0 Å². The highest BCUT2D eigenvalue weighted by molar-refractivity contribution is 6.30. The van der Waals surface area contributed by atoms with E-state index in [0.29, 0.717) is 22.6 Å². The lowest BCUT2D eigenvalue weighted by Crippen LogP contribution is -2.53. The predicted octanol–water partition coefficient (Wildman–Crippen LogP) is 3.40. The normalized spacial score (nSPS) is 15.6. The molecule has 1 aliphatic rings. The lowest BCUT2D eigenvalue weighted by molar-refractivity contribution is -0.130. The third-order valence-corrected chi connectivity index (χ3v) is 4.55. The summed E-state index contributed by atoms with van der Waals surface area (Å²) in [5.74, 6) is -0.510. The minimum absolute atomic E-state index is 0.0727. The molecule has 0 saturated carbocycles. The van der Waals surface area contributed by atoms with E-state index in [4.69, 9.17) is 8.83 Å². The number of rotatable bonds is 5. The van der Waals surface area contributed by atoms with Crippen LogP contribution in [0.3, 0.4) is 0 Å². The molecular formula is C22H16N2O6. The number of ketones is 1. The zero-order valence-electron chi connectivity index (χ0n) is 15.9. The molecule has 8 heteroatoms. The molecule has 8 nitrogen and oxygen atoms in total. The first-order chi connectivity index (χ1) is 14.4. The molecule has 4 rings (SSSR count). The van der Waals surface area contributed by atoms with E-state index in [0.717, 1.165) is 4.90 Å². The van der Waals surface area contributed by atoms with E-state index in [1.54, 1.807) is 48.5 Å². The van der Waals surface area contributed by atoms with Crippen LogP contribution in [0.25, 0.3) is 17.4 Å². The molecule has 1 fully saturated rings. The molecule has 0 bridgehead atoms. The van der Waals surface area contributed by atoms with Gasteiger partial charge in [-0.1, -0.05) is 18.2 Å². The SMILES string of the molecule is CC(=O)c1cccc(-c2ccc(/C=C3\C(=O)NC(=O)N(Cc4ccco4)C3=O)o2)c1. The largest absolute Gasteiger partial charge is 0.467 e. The second-order valence-electron chi connectivity index (χ2n) is 6.63. The van der Waals surface area contributed by atoms with Crippen molar-refractivity contribution in [2.75, 3.05) is 0 Å². The number of hydrogen-bond donors (Lipinski definition) is 1. The van der Waals surface area contributed by atoms with Gasteiger partial charge in [0, 0.05) is 11.1 Å². The Hall–Kier alpha value is -4.20. The van der Waals surface area contributed by atoms with Gasteiger partial charge in [-0.3, -0.25) is 24.6 Å². The number of Topliss-reactive ketones (excluding diaryl/α,β-unsaturated/α-hetero) is 1. The van der Waals surface area contributed by atoms with Gasteiger partial charge in [0.15, 0.2) is 5.78 Å². The van der Waals surface area contributed by atoms with Crippen LogP contribution in [0.2, 0.25) is 0 Å². The number of hydrogen-bond acceptors (Lipinski definition) is 6. The average molecular weight is 404 g/mol. The van der Waals surface area contributed by atoms with Crippen LogP contribution in [0.15, 0.2) is 69.2 Å². The fourth-order valence-electron chi connectivity index (χ4n) is 3.02. The summed E-state index contributed by atoms with van der Waals surface area (Å²) in [5.41, 5.74) is 0.985. The first-order valence-electron chi connectivity index (χ1n) is 9.05. The van der Waals surface area contributed by atoms with E-state index in [1.165, 1.54) is 19.3 Å². The van der Waals surface area contributed by atoms with Crippen LogP contribution in [0.4, 0.5) is 4.79 Å². The Labute approximate surface area is 170 Å². The van der Waals surface area contributed by atoms with Gasteiger partial charge in [-0.25, -0.2) is 4.79 Å². The molecule has 0 unspecified atom stereocenters. The van der Waals surface area contributed by atoms with Crippen molar-refractivity contribution in [1.82, 2.24) is 10.2 Å². The Kier molecular flexibility index (Phi) is 4.89. The first-order valence-corrected chi connectivity index (χ1v) is 9.05. The van der Waals surface area contributed by atoms with E-state index in [2.05, 4.69) is 5.32 Å². The summed E-state index contributed by atoms with van der Waals surface area (Å²) in [5, 5.41) is 2.14. The lowest BCUT2D eigenvalue weighted by atomic mass is 10.1. The third kappa shape index (κ3) is 3.70. The zero-order valence-corrected chi connectivity index (χ0v) is 15.9. The fraction of sp³-hybridized carbons (Fsp3) is 0.0909. The molecule has 150 valence electrons. The van der Waals surface area contributed by atoms with Crippen molar-refractivity contribution in [2.24, 2.45) is 0 Å².